The molecule has 7 nitrogen and oxygen atoms in total. The van der Waals surface area contributed by atoms with E-state index in [-0.39, 0.29) is 35.1 Å². The number of carbonyl (C=O) groups is 3. The monoisotopic (exact) mass is 648 g/mol. The molecule has 47 heavy (non-hydrogen) atoms. The van der Waals surface area contributed by atoms with Crippen LogP contribution in [-0.2, 0) is 27.2 Å². The number of aromatic hydroxyl groups is 1. The lowest BCUT2D eigenvalue weighted by Crippen LogP contribution is -2.69. The second-order valence-corrected chi connectivity index (χ2v) is 15.9. The van der Waals surface area contributed by atoms with Gasteiger partial charge < -0.3 is 20.4 Å². The number of hydrogen-bond donors (Lipinski definition) is 4. The van der Waals surface area contributed by atoms with Crippen molar-refractivity contribution in [2.75, 3.05) is 0 Å². The van der Waals surface area contributed by atoms with Gasteiger partial charge in [-0.2, -0.15) is 0 Å². The Morgan fingerprint density at radius 1 is 1.02 bits per heavy atom. The fraction of sp³-hybridized carbons (Fsp3) is 0.625. The van der Waals surface area contributed by atoms with Gasteiger partial charge in [-0.05, 0) is 79.9 Å². The number of Topliss-reactive ketones (excluding diaryl/α,β-unsaturated/α-hetero) is 3. The van der Waals surface area contributed by atoms with E-state index in [4.69, 9.17) is 0 Å². The molecule has 0 amide bonds. The van der Waals surface area contributed by atoms with Crippen molar-refractivity contribution in [3.05, 3.63) is 57.9 Å². The Balaban J connectivity index is 1.80. The zero-order valence-corrected chi connectivity index (χ0v) is 29.8. The van der Waals surface area contributed by atoms with Gasteiger partial charge in [-0.15, -0.1) is 6.58 Å². The van der Waals surface area contributed by atoms with Gasteiger partial charge in [0.1, 0.15) is 22.8 Å². The van der Waals surface area contributed by atoms with Crippen molar-refractivity contribution in [1.82, 2.24) is 0 Å². The Kier molecular flexibility index (Phi) is 10.4. The maximum atomic E-state index is 14.6. The number of phenols is 1. The van der Waals surface area contributed by atoms with Gasteiger partial charge in [-0.1, -0.05) is 86.3 Å². The van der Waals surface area contributed by atoms with Crippen LogP contribution >= 0.6 is 0 Å². The number of aliphatic hydroxyl groups excluding tert-OH is 2. The summed E-state index contributed by atoms with van der Waals surface area (Å²) in [4.78, 5) is 41.0. The smallest absolute Gasteiger partial charge is 0.203 e. The highest BCUT2D eigenvalue weighted by Crippen LogP contribution is 2.65. The van der Waals surface area contributed by atoms with Gasteiger partial charge in [0, 0.05) is 22.3 Å². The van der Waals surface area contributed by atoms with Gasteiger partial charge in [0.2, 0.25) is 5.78 Å². The predicted octanol–water partition coefficient (Wildman–Crippen LogP) is 8.41. The number of hydrogen-bond acceptors (Lipinski definition) is 7. The fourth-order valence-corrected chi connectivity index (χ4v) is 9.26. The van der Waals surface area contributed by atoms with Gasteiger partial charge in [0.25, 0.3) is 0 Å². The van der Waals surface area contributed by atoms with E-state index in [1.54, 1.807) is 6.92 Å². The van der Waals surface area contributed by atoms with Crippen LogP contribution in [0.4, 0.5) is 0 Å². The number of ketones is 3. The standard InChI is InChI=1S/C40H56O7/c1-10-11-12-13-14-15-16-24(6)17-18-26-19-27(22(2)3)28-20-38(8)21-39(9)31(23(4)5)34(43)29(25(7)41)36(45)40(39,47)37(46)32(38)35(44)30(28)33(26)42/h10,19,22-24,31,42,44-45,47H,1,11-18,20-21H2,2-9H3/t24?,31?,38-,39-,40+/m1/s1. The first-order chi connectivity index (χ1) is 21.9. The van der Waals surface area contributed by atoms with E-state index >= 15 is 0 Å². The van der Waals surface area contributed by atoms with Crippen LogP contribution in [0.25, 0.3) is 5.76 Å². The molecular formula is C40H56O7. The first-order valence-electron chi connectivity index (χ1n) is 17.6. The van der Waals surface area contributed by atoms with Crippen LogP contribution in [0.15, 0.2) is 35.6 Å². The van der Waals surface area contributed by atoms with Gasteiger partial charge in [-0.3, -0.25) is 14.4 Å². The highest BCUT2D eigenvalue weighted by Gasteiger charge is 2.72. The lowest BCUT2D eigenvalue weighted by Gasteiger charge is -2.60. The number of fused-ring (bicyclic) bond motifs is 3. The Hall–Kier alpha value is -3.19. The normalized spacial score (nSPS) is 28.0. The number of rotatable bonds is 13. The summed E-state index contributed by atoms with van der Waals surface area (Å²) in [6, 6.07) is 2.04. The summed E-state index contributed by atoms with van der Waals surface area (Å²) in [6.45, 7) is 18.4. The molecule has 7 heteroatoms. The summed E-state index contributed by atoms with van der Waals surface area (Å²) in [7, 11) is 0. The van der Waals surface area contributed by atoms with Gasteiger partial charge >= 0.3 is 0 Å². The SMILES string of the molecule is C=CCCCCCCC(C)CCc1cc(C(C)C)c2c(c1O)C(O)=C1C(=O)[C@@]3(O)C(O)=C(C(C)=O)C(=O)C(C(C)C)[C@@]3(C)C[C@@]1(C)C2. The molecule has 0 radical (unpaired) electrons. The molecule has 1 fully saturated rings. The predicted molar refractivity (Wildman–Crippen MR) is 185 cm³/mol. The second kappa shape index (κ2) is 13.4. The molecule has 5 atom stereocenters. The minimum atomic E-state index is -2.60. The second-order valence-electron chi connectivity index (χ2n) is 15.9. The van der Waals surface area contributed by atoms with Gasteiger partial charge in [-0.25, -0.2) is 0 Å². The molecule has 0 saturated heterocycles. The topological polar surface area (TPSA) is 132 Å². The van der Waals surface area contributed by atoms with E-state index in [2.05, 4.69) is 27.4 Å². The third-order valence-corrected chi connectivity index (χ3v) is 11.5. The number of aryl methyl sites for hydroxylation is 1. The van der Waals surface area contributed by atoms with E-state index in [9.17, 15) is 34.8 Å². The first kappa shape index (κ1) is 36.6. The zero-order chi connectivity index (χ0) is 35.2. The number of benzene rings is 1. The van der Waals surface area contributed by atoms with E-state index in [1.165, 1.54) is 19.3 Å². The van der Waals surface area contributed by atoms with Crippen LogP contribution in [0.1, 0.15) is 135 Å². The molecule has 4 rings (SSSR count). The lowest BCUT2D eigenvalue weighted by atomic mass is 9.43. The molecule has 1 aromatic rings. The molecule has 3 aliphatic carbocycles. The molecule has 1 aromatic carbocycles. The summed E-state index contributed by atoms with van der Waals surface area (Å²) >= 11 is 0. The van der Waals surface area contributed by atoms with Crippen LogP contribution in [0.5, 0.6) is 5.75 Å². The minimum absolute atomic E-state index is 0.0608. The Bertz CT molecular complexity index is 1530. The summed E-state index contributed by atoms with van der Waals surface area (Å²) in [5.74, 6) is -4.42. The lowest BCUT2D eigenvalue weighted by molar-refractivity contribution is -0.178. The van der Waals surface area contributed by atoms with Crippen molar-refractivity contribution in [3.8, 4) is 5.75 Å². The third-order valence-electron chi connectivity index (χ3n) is 11.5. The highest BCUT2D eigenvalue weighted by atomic mass is 16.3. The van der Waals surface area contributed by atoms with E-state index in [0.29, 0.717) is 24.3 Å². The Morgan fingerprint density at radius 2 is 1.66 bits per heavy atom. The van der Waals surface area contributed by atoms with Crippen molar-refractivity contribution < 1.29 is 34.8 Å². The van der Waals surface area contributed by atoms with Crippen molar-refractivity contribution in [1.29, 1.82) is 0 Å². The van der Waals surface area contributed by atoms with E-state index < -0.39 is 56.8 Å². The summed E-state index contributed by atoms with van der Waals surface area (Å²) in [5.41, 5.74) is -3.08. The highest BCUT2D eigenvalue weighted by molar-refractivity contribution is 6.24. The molecule has 258 valence electrons. The van der Waals surface area contributed by atoms with E-state index in [1.807, 2.05) is 32.9 Å². The molecule has 0 spiro atoms. The van der Waals surface area contributed by atoms with Crippen LogP contribution in [0, 0.1) is 28.6 Å². The third kappa shape index (κ3) is 5.91. The molecule has 1 saturated carbocycles. The van der Waals surface area contributed by atoms with Crippen molar-refractivity contribution in [3.63, 3.8) is 0 Å². The maximum absolute atomic E-state index is 14.6. The molecule has 0 heterocycles. The number of carbonyl (C=O) groups excluding carboxylic acids is 3. The van der Waals surface area contributed by atoms with Crippen LogP contribution in [0.3, 0.4) is 0 Å². The van der Waals surface area contributed by atoms with E-state index in [0.717, 1.165) is 43.7 Å². The number of phenolic OH excluding ortho intramolecular Hbond substituents is 1. The maximum Gasteiger partial charge on any atom is 0.203 e. The first-order valence-corrected chi connectivity index (χ1v) is 17.6. The van der Waals surface area contributed by atoms with Crippen LogP contribution in [0.2, 0.25) is 0 Å². The van der Waals surface area contributed by atoms with Crippen molar-refractivity contribution in [2.24, 2.45) is 28.6 Å². The molecule has 3 aliphatic rings. The minimum Gasteiger partial charge on any atom is -0.508 e. The number of aliphatic hydroxyl groups is 3. The van der Waals surface area contributed by atoms with Crippen LogP contribution < -0.4 is 0 Å². The Morgan fingerprint density at radius 3 is 2.23 bits per heavy atom. The molecule has 0 aromatic heterocycles. The molecule has 0 bridgehead atoms. The number of unbranched alkanes of at least 4 members (excludes halogenated alkanes) is 4. The molecule has 2 unspecified atom stereocenters. The zero-order valence-electron chi connectivity index (χ0n) is 29.8. The van der Waals surface area contributed by atoms with Gasteiger partial charge in [0.15, 0.2) is 17.2 Å². The van der Waals surface area contributed by atoms with Crippen molar-refractivity contribution in [2.45, 2.75) is 131 Å². The van der Waals surface area contributed by atoms with Crippen molar-refractivity contribution >= 4 is 23.1 Å². The van der Waals surface area contributed by atoms with Crippen LogP contribution in [-0.4, -0.2) is 43.4 Å². The summed E-state index contributed by atoms with van der Waals surface area (Å²) in [6.07, 6.45) is 10.7. The number of allylic oxidation sites excluding steroid dienone is 2. The fourth-order valence-electron chi connectivity index (χ4n) is 9.26. The quantitative estimate of drug-likeness (QED) is 0.0959. The largest absolute Gasteiger partial charge is 0.508 e. The van der Waals surface area contributed by atoms with Gasteiger partial charge in [0.05, 0.1) is 5.56 Å². The average molecular weight is 649 g/mol. The molecule has 4 N–H and O–H groups in total. The molecular weight excluding hydrogens is 592 g/mol. The Labute approximate surface area is 280 Å². The average Bonchev–Trinajstić information content (AvgIpc) is 2.95. The summed E-state index contributed by atoms with van der Waals surface area (Å²) in [5, 5.41) is 47.5. The summed E-state index contributed by atoms with van der Waals surface area (Å²) < 4.78 is 0. The molecule has 0 aliphatic heterocycles.